The second kappa shape index (κ2) is 6.08. The third kappa shape index (κ3) is 3.49. The van der Waals surface area contributed by atoms with Gasteiger partial charge in [-0.2, -0.15) is 0 Å². The van der Waals surface area contributed by atoms with E-state index in [1.54, 1.807) is 43.5 Å². The van der Waals surface area contributed by atoms with Crippen LogP contribution in [-0.4, -0.2) is 13.0 Å². The first kappa shape index (κ1) is 13.9. The SMILES string of the molecule is COc1ccc(C(=O)Nc2ccc(Br)cc2Cl)cc1. The highest BCUT2D eigenvalue weighted by Crippen LogP contribution is 2.26. The molecule has 1 N–H and O–H groups in total. The zero-order chi connectivity index (χ0) is 13.8. The summed E-state index contributed by atoms with van der Waals surface area (Å²) < 4.78 is 5.90. The summed E-state index contributed by atoms with van der Waals surface area (Å²) in [6.45, 7) is 0. The third-order valence-electron chi connectivity index (χ3n) is 2.53. The van der Waals surface area contributed by atoms with Gasteiger partial charge in [-0.15, -0.1) is 0 Å². The van der Waals surface area contributed by atoms with E-state index >= 15 is 0 Å². The topological polar surface area (TPSA) is 38.3 Å². The van der Waals surface area contributed by atoms with E-state index in [2.05, 4.69) is 21.2 Å². The van der Waals surface area contributed by atoms with Crippen LogP contribution in [0.15, 0.2) is 46.9 Å². The van der Waals surface area contributed by atoms with Crippen LogP contribution in [0.4, 0.5) is 5.69 Å². The number of rotatable bonds is 3. The zero-order valence-corrected chi connectivity index (χ0v) is 12.5. The second-order valence-corrected chi connectivity index (χ2v) is 5.13. The van der Waals surface area contributed by atoms with Gasteiger partial charge >= 0.3 is 0 Å². The Morgan fingerprint density at radius 3 is 2.47 bits per heavy atom. The Morgan fingerprint density at radius 1 is 1.21 bits per heavy atom. The maximum atomic E-state index is 12.0. The van der Waals surface area contributed by atoms with Gasteiger partial charge < -0.3 is 10.1 Å². The fourth-order valence-electron chi connectivity index (χ4n) is 1.53. The van der Waals surface area contributed by atoms with Gasteiger partial charge in [-0.3, -0.25) is 4.79 Å². The lowest BCUT2D eigenvalue weighted by Gasteiger charge is -2.08. The summed E-state index contributed by atoms with van der Waals surface area (Å²) in [5.41, 5.74) is 1.12. The molecule has 0 heterocycles. The first-order chi connectivity index (χ1) is 9.10. The zero-order valence-electron chi connectivity index (χ0n) is 10.1. The van der Waals surface area contributed by atoms with Crippen molar-refractivity contribution in [2.24, 2.45) is 0 Å². The van der Waals surface area contributed by atoms with E-state index in [0.717, 1.165) is 4.47 Å². The predicted molar refractivity (Wildman–Crippen MR) is 80.1 cm³/mol. The van der Waals surface area contributed by atoms with Crippen molar-refractivity contribution in [2.45, 2.75) is 0 Å². The summed E-state index contributed by atoms with van der Waals surface area (Å²) in [5, 5.41) is 3.24. The number of anilines is 1. The van der Waals surface area contributed by atoms with Crippen LogP contribution >= 0.6 is 27.5 Å². The van der Waals surface area contributed by atoms with Crippen molar-refractivity contribution in [1.29, 1.82) is 0 Å². The van der Waals surface area contributed by atoms with Gasteiger partial charge in [-0.05, 0) is 42.5 Å². The minimum Gasteiger partial charge on any atom is -0.497 e. The van der Waals surface area contributed by atoms with Gasteiger partial charge in [-0.1, -0.05) is 27.5 Å². The molecule has 98 valence electrons. The van der Waals surface area contributed by atoms with Crippen LogP contribution in [-0.2, 0) is 0 Å². The molecule has 2 aromatic carbocycles. The lowest BCUT2D eigenvalue weighted by atomic mass is 10.2. The number of amides is 1. The van der Waals surface area contributed by atoms with Gasteiger partial charge in [0.15, 0.2) is 0 Å². The molecule has 0 atom stereocenters. The summed E-state index contributed by atoms with van der Waals surface area (Å²) in [4.78, 5) is 12.0. The monoisotopic (exact) mass is 339 g/mol. The van der Waals surface area contributed by atoms with Crippen LogP contribution in [0.5, 0.6) is 5.75 Å². The van der Waals surface area contributed by atoms with Gasteiger partial charge in [0.25, 0.3) is 5.91 Å². The molecule has 0 aliphatic heterocycles. The van der Waals surface area contributed by atoms with Gasteiger partial charge in [0.05, 0.1) is 17.8 Å². The fraction of sp³-hybridized carbons (Fsp3) is 0.0714. The summed E-state index contributed by atoms with van der Waals surface area (Å²) in [5.74, 6) is 0.491. The molecule has 0 saturated heterocycles. The van der Waals surface area contributed by atoms with E-state index in [1.165, 1.54) is 0 Å². The summed E-state index contributed by atoms with van der Waals surface area (Å²) in [6.07, 6.45) is 0. The first-order valence-corrected chi connectivity index (χ1v) is 6.67. The van der Waals surface area contributed by atoms with Crippen molar-refractivity contribution >= 4 is 39.1 Å². The Labute approximate surface area is 124 Å². The molecule has 0 spiro atoms. The van der Waals surface area contributed by atoms with Crippen LogP contribution in [0.25, 0.3) is 0 Å². The molecule has 2 rings (SSSR count). The van der Waals surface area contributed by atoms with Gasteiger partial charge in [0.2, 0.25) is 0 Å². The molecular formula is C14H11BrClNO2. The molecule has 0 bridgehead atoms. The number of halogens is 2. The van der Waals surface area contributed by atoms with E-state index in [9.17, 15) is 4.79 Å². The minimum absolute atomic E-state index is 0.216. The lowest BCUT2D eigenvalue weighted by Crippen LogP contribution is -2.12. The van der Waals surface area contributed by atoms with Crippen LogP contribution < -0.4 is 10.1 Å². The maximum absolute atomic E-state index is 12.0. The average molecular weight is 341 g/mol. The van der Waals surface area contributed by atoms with E-state index in [-0.39, 0.29) is 5.91 Å². The van der Waals surface area contributed by atoms with Crippen LogP contribution in [0.2, 0.25) is 5.02 Å². The van der Waals surface area contributed by atoms with Crippen molar-refractivity contribution in [3.63, 3.8) is 0 Å². The Balaban J connectivity index is 2.15. The maximum Gasteiger partial charge on any atom is 0.255 e. The number of benzene rings is 2. The standard InChI is InChI=1S/C14H11BrClNO2/c1-19-11-5-2-9(3-6-11)14(18)17-13-7-4-10(15)8-12(13)16/h2-8H,1H3,(H,17,18). The Hall–Kier alpha value is -1.52. The molecule has 0 saturated carbocycles. The molecule has 1 amide bonds. The Morgan fingerprint density at radius 2 is 1.89 bits per heavy atom. The van der Waals surface area contributed by atoms with Gasteiger partial charge in [0.1, 0.15) is 5.75 Å². The molecular weight excluding hydrogens is 330 g/mol. The molecule has 0 aromatic heterocycles. The normalized spacial score (nSPS) is 10.1. The smallest absolute Gasteiger partial charge is 0.255 e. The third-order valence-corrected chi connectivity index (χ3v) is 3.34. The number of methoxy groups -OCH3 is 1. The average Bonchev–Trinajstić information content (AvgIpc) is 2.42. The first-order valence-electron chi connectivity index (χ1n) is 5.50. The largest absolute Gasteiger partial charge is 0.497 e. The number of hydrogen-bond donors (Lipinski definition) is 1. The van der Waals surface area contributed by atoms with E-state index in [1.807, 2.05) is 6.07 Å². The van der Waals surface area contributed by atoms with Crippen LogP contribution in [0.1, 0.15) is 10.4 Å². The highest BCUT2D eigenvalue weighted by Gasteiger charge is 2.08. The van der Waals surface area contributed by atoms with Crippen molar-refractivity contribution in [2.75, 3.05) is 12.4 Å². The predicted octanol–water partition coefficient (Wildman–Crippen LogP) is 4.36. The molecule has 5 heteroatoms. The lowest BCUT2D eigenvalue weighted by molar-refractivity contribution is 0.102. The molecule has 0 aliphatic rings. The molecule has 3 nitrogen and oxygen atoms in total. The van der Waals surface area contributed by atoms with Crippen molar-refractivity contribution in [3.05, 3.63) is 57.5 Å². The number of ether oxygens (including phenoxy) is 1. The van der Waals surface area contributed by atoms with Crippen molar-refractivity contribution in [3.8, 4) is 5.75 Å². The molecule has 0 fully saturated rings. The summed E-state index contributed by atoms with van der Waals surface area (Å²) >= 11 is 9.36. The second-order valence-electron chi connectivity index (χ2n) is 3.81. The number of carbonyl (C=O) groups excluding carboxylic acids is 1. The molecule has 19 heavy (non-hydrogen) atoms. The quantitative estimate of drug-likeness (QED) is 0.901. The Bertz CT molecular complexity index is 599. The van der Waals surface area contributed by atoms with E-state index in [4.69, 9.17) is 16.3 Å². The highest BCUT2D eigenvalue weighted by atomic mass is 79.9. The molecule has 0 radical (unpaired) electrons. The fourth-order valence-corrected chi connectivity index (χ4v) is 2.25. The number of carbonyl (C=O) groups is 1. The van der Waals surface area contributed by atoms with Crippen LogP contribution in [0, 0.1) is 0 Å². The van der Waals surface area contributed by atoms with E-state index in [0.29, 0.717) is 22.0 Å². The van der Waals surface area contributed by atoms with Crippen LogP contribution in [0.3, 0.4) is 0 Å². The number of hydrogen-bond acceptors (Lipinski definition) is 2. The summed E-state index contributed by atoms with van der Waals surface area (Å²) in [7, 11) is 1.58. The minimum atomic E-state index is -0.216. The van der Waals surface area contributed by atoms with Gasteiger partial charge in [-0.25, -0.2) is 0 Å². The van der Waals surface area contributed by atoms with Gasteiger partial charge in [0, 0.05) is 10.0 Å². The number of nitrogens with one attached hydrogen (secondary N) is 1. The molecule has 2 aromatic rings. The molecule has 0 aliphatic carbocycles. The van der Waals surface area contributed by atoms with Crippen molar-refractivity contribution < 1.29 is 9.53 Å². The van der Waals surface area contributed by atoms with E-state index < -0.39 is 0 Å². The highest BCUT2D eigenvalue weighted by molar-refractivity contribution is 9.10. The van der Waals surface area contributed by atoms with Crippen molar-refractivity contribution in [1.82, 2.24) is 0 Å². The molecule has 0 unspecified atom stereocenters. The Kier molecular flexibility index (Phi) is 4.45. The summed E-state index contributed by atoms with van der Waals surface area (Å²) in [6, 6.07) is 12.1.